The molecule has 0 aromatic heterocycles. The number of nitrogens with two attached hydrogens (primary N) is 2. The van der Waals surface area contributed by atoms with Gasteiger partial charge in [0.2, 0.25) is 9.84 Å². The van der Waals surface area contributed by atoms with Crippen molar-refractivity contribution in [3.8, 4) is 0 Å². The number of benzene rings is 1. The normalized spacial score (nSPS) is 13.8. The van der Waals surface area contributed by atoms with E-state index in [2.05, 4.69) is 0 Å². The van der Waals surface area contributed by atoms with E-state index in [-0.39, 0.29) is 10.6 Å². The number of sulfone groups is 1. The van der Waals surface area contributed by atoms with Crippen LogP contribution in [0, 0.1) is 6.92 Å². The molecule has 1 aromatic rings. The second-order valence-electron chi connectivity index (χ2n) is 3.39. The number of aliphatic hydroxyl groups is 1. The highest BCUT2D eigenvalue weighted by Crippen LogP contribution is 2.26. The average Bonchev–Trinajstić information content (AvgIpc) is 2.10. The van der Waals surface area contributed by atoms with Crippen molar-refractivity contribution in [2.24, 2.45) is 0 Å². The van der Waals surface area contributed by atoms with Gasteiger partial charge in [0.25, 0.3) is 0 Å². The van der Waals surface area contributed by atoms with Gasteiger partial charge in [0.05, 0.1) is 10.6 Å². The zero-order valence-corrected chi connectivity index (χ0v) is 9.38. The highest BCUT2D eigenvalue weighted by molar-refractivity contribution is 7.92. The van der Waals surface area contributed by atoms with E-state index in [1.165, 1.54) is 19.1 Å². The van der Waals surface area contributed by atoms with Gasteiger partial charge in [-0.25, -0.2) is 8.42 Å². The molecule has 0 fully saturated rings. The van der Waals surface area contributed by atoms with Crippen LogP contribution in [0.25, 0.3) is 0 Å². The van der Waals surface area contributed by atoms with Gasteiger partial charge in [-0.05, 0) is 31.5 Å². The summed E-state index contributed by atoms with van der Waals surface area (Å²) in [5.74, 6) is 0. The molecule has 15 heavy (non-hydrogen) atoms. The van der Waals surface area contributed by atoms with Gasteiger partial charge in [0.15, 0.2) is 5.44 Å². The van der Waals surface area contributed by atoms with E-state index in [4.69, 9.17) is 16.6 Å². The highest BCUT2D eigenvalue weighted by atomic mass is 32.2. The van der Waals surface area contributed by atoms with Crippen LogP contribution in [-0.2, 0) is 9.84 Å². The zero-order chi connectivity index (χ0) is 11.8. The first kappa shape index (κ1) is 11.8. The molecule has 1 rings (SSSR count). The lowest BCUT2D eigenvalue weighted by molar-refractivity contribution is 0.268. The Kier molecular flexibility index (Phi) is 2.92. The number of nitrogen functional groups attached to an aromatic ring is 2. The number of hydrogen-bond donors (Lipinski definition) is 3. The molecule has 84 valence electrons. The molecular weight excluding hydrogens is 216 g/mol. The Balaban J connectivity index is 3.46. The summed E-state index contributed by atoms with van der Waals surface area (Å²) in [6, 6.07) is 2.75. The second kappa shape index (κ2) is 3.71. The Morgan fingerprint density at radius 3 is 2.27 bits per heavy atom. The zero-order valence-electron chi connectivity index (χ0n) is 8.56. The molecule has 0 saturated heterocycles. The lowest BCUT2D eigenvalue weighted by Gasteiger charge is -2.11. The van der Waals surface area contributed by atoms with Gasteiger partial charge in [-0.2, -0.15) is 0 Å². The number of rotatable bonds is 2. The maximum absolute atomic E-state index is 11.6. The van der Waals surface area contributed by atoms with E-state index in [0.29, 0.717) is 11.3 Å². The Morgan fingerprint density at radius 1 is 1.27 bits per heavy atom. The predicted molar refractivity (Wildman–Crippen MR) is 58.9 cm³/mol. The van der Waals surface area contributed by atoms with Gasteiger partial charge < -0.3 is 16.6 Å². The van der Waals surface area contributed by atoms with Crippen molar-refractivity contribution in [2.45, 2.75) is 24.2 Å². The summed E-state index contributed by atoms with van der Waals surface area (Å²) in [5, 5.41) is 9.14. The first-order chi connectivity index (χ1) is 6.76. The van der Waals surface area contributed by atoms with Crippen molar-refractivity contribution in [2.75, 3.05) is 11.5 Å². The second-order valence-corrected chi connectivity index (χ2v) is 5.60. The quantitative estimate of drug-likeness (QED) is 0.632. The molecule has 1 aromatic carbocycles. The molecule has 1 atom stereocenters. The van der Waals surface area contributed by atoms with Gasteiger partial charge in [-0.3, -0.25) is 0 Å². The number of hydrogen-bond acceptors (Lipinski definition) is 5. The standard InChI is InChI=1S/C9H14N2O3S/c1-5-3-9(8(11)4-7(5)10)15(13,14)6(2)12/h3-4,6,12H,10-11H2,1-2H3. The molecule has 5 nitrogen and oxygen atoms in total. The van der Waals surface area contributed by atoms with Crippen LogP contribution in [0.2, 0.25) is 0 Å². The van der Waals surface area contributed by atoms with Crippen LogP contribution >= 0.6 is 0 Å². The minimum Gasteiger partial charge on any atom is -0.398 e. The molecular formula is C9H14N2O3S. The molecule has 6 heteroatoms. The van der Waals surface area contributed by atoms with Crippen molar-refractivity contribution in [1.82, 2.24) is 0 Å². The van der Waals surface area contributed by atoms with Crippen LogP contribution in [0.4, 0.5) is 11.4 Å². The summed E-state index contributed by atoms with van der Waals surface area (Å²) in [4.78, 5) is -0.0794. The Labute approximate surface area is 88.6 Å². The van der Waals surface area contributed by atoms with Gasteiger partial charge in [-0.1, -0.05) is 0 Å². The topological polar surface area (TPSA) is 106 Å². The largest absolute Gasteiger partial charge is 0.398 e. The molecule has 0 bridgehead atoms. The molecule has 5 N–H and O–H groups in total. The van der Waals surface area contributed by atoms with Crippen LogP contribution in [0.15, 0.2) is 17.0 Å². The van der Waals surface area contributed by atoms with Crippen LogP contribution in [0.5, 0.6) is 0 Å². The van der Waals surface area contributed by atoms with Crippen LogP contribution in [-0.4, -0.2) is 19.0 Å². The Hall–Kier alpha value is -1.27. The third kappa shape index (κ3) is 2.05. The van der Waals surface area contributed by atoms with Crippen molar-refractivity contribution >= 4 is 21.2 Å². The van der Waals surface area contributed by atoms with E-state index in [1.54, 1.807) is 6.92 Å². The van der Waals surface area contributed by atoms with Gasteiger partial charge >= 0.3 is 0 Å². The van der Waals surface area contributed by atoms with E-state index < -0.39 is 15.3 Å². The van der Waals surface area contributed by atoms with E-state index in [0.717, 1.165) is 0 Å². The maximum atomic E-state index is 11.6. The van der Waals surface area contributed by atoms with Crippen molar-refractivity contribution < 1.29 is 13.5 Å². The summed E-state index contributed by atoms with van der Waals surface area (Å²) in [5.41, 5.74) is 10.7. The molecule has 0 aliphatic rings. The average molecular weight is 230 g/mol. The number of aryl methyl sites for hydroxylation is 1. The van der Waals surface area contributed by atoms with Crippen LogP contribution in [0.3, 0.4) is 0 Å². The lowest BCUT2D eigenvalue weighted by atomic mass is 10.2. The van der Waals surface area contributed by atoms with E-state index in [1.807, 2.05) is 0 Å². The predicted octanol–water partition coefficient (Wildman–Crippen LogP) is 0.271. The smallest absolute Gasteiger partial charge is 0.206 e. The minimum absolute atomic E-state index is 0.0546. The maximum Gasteiger partial charge on any atom is 0.206 e. The summed E-state index contributed by atoms with van der Waals surface area (Å²) in [6.45, 7) is 2.86. The van der Waals surface area contributed by atoms with Gasteiger partial charge in [0.1, 0.15) is 0 Å². The van der Waals surface area contributed by atoms with Crippen LogP contribution < -0.4 is 11.5 Å². The van der Waals surface area contributed by atoms with Gasteiger partial charge in [0, 0.05) is 5.69 Å². The number of aliphatic hydroxyl groups excluding tert-OH is 1. The first-order valence-corrected chi connectivity index (χ1v) is 5.89. The van der Waals surface area contributed by atoms with Crippen LogP contribution in [0.1, 0.15) is 12.5 Å². The summed E-state index contributed by atoms with van der Waals surface area (Å²) in [7, 11) is -3.77. The summed E-state index contributed by atoms with van der Waals surface area (Å²) in [6.07, 6.45) is 0. The van der Waals surface area contributed by atoms with Crippen molar-refractivity contribution in [3.05, 3.63) is 17.7 Å². The third-order valence-corrected chi connectivity index (χ3v) is 4.02. The first-order valence-electron chi connectivity index (χ1n) is 4.34. The fourth-order valence-electron chi connectivity index (χ4n) is 1.15. The molecule has 0 spiro atoms. The monoisotopic (exact) mass is 230 g/mol. The molecule has 1 unspecified atom stereocenters. The van der Waals surface area contributed by atoms with Gasteiger partial charge in [-0.15, -0.1) is 0 Å². The Bertz CT molecular complexity index is 480. The molecule has 0 aliphatic heterocycles. The lowest BCUT2D eigenvalue weighted by Crippen LogP contribution is -2.18. The van der Waals surface area contributed by atoms with Crippen molar-refractivity contribution in [3.63, 3.8) is 0 Å². The molecule has 0 radical (unpaired) electrons. The molecule has 0 heterocycles. The molecule has 0 saturated carbocycles. The SMILES string of the molecule is Cc1cc(S(=O)(=O)C(C)O)c(N)cc1N. The highest BCUT2D eigenvalue weighted by Gasteiger charge is 2.23. The summed E-state index contributed by atoms with van der Waals surface area (Å²) >= 11 is 0. The summed E-state index contributed by atoms with van der Waals surface area (Å²) < 4.78 is 23.3. The molecule has 0 amide bonds. The molecule has 0 aliphatic carbocycles. The number of anilines is 2. The van der Waals surface area contributed by atoms with Crippen molar-refractivity contribution in [1.29, 1.82) is 0 Å². The Morgan fingerprint density at radius 2 is 1.80 bits per heavy atom. The fourth-order valence-corrected chi connectivity index (χ4v) is 2.24. The van der Waals surface area contributed by atoms with E-state index in [9.17, 15) is 8.42 Å². The van der Waals surface area contributed by atoms with E-state index >= 15 is 0 Å². The fraction of sp³-hybridized carbons (Fsp3) is 0.333. The third-order valence-electron chi connectivity index (χ3n) is 2.15. The minimum atomic E-state index is -3.77.